The summed E-state index contributed by atoms with van der Waals surface area (Å²) in [4.78, 5) is 45.3. The SMILES string of the molecule is COc1ccc(CCN2C(=O)[C@@H]3[C@H](C(=O)Nc4cccc(SC)c4)[C@@H]4C=C[C@@]3(O4)[C@@H]2C(=O)N[C@@H]2CCC[C@H](C)[C@@H]2C)cc1OC. The van der Waals surface area contributed by atoms with Crippen LogP contribution in [0.3, 0.4) is 0 Å². The smallest absolute Gasteiger partial charge is 0.246 e. The molecule has 0 radical (unpaired) electrons. The second-order valence-corrected chi connectivity index (χ2v) is 13.7. The van der Waals surface area contributed by atoms with Gasteiger partial charge < -0.3 is 29.7 Å². The number of thioether (sulfide) groups is 1. The van der Waals surface area contributed by atoms with Crippen LogP contribution < -0.4 is 20.1 Å². The number of amides is 3. The average molecular weight is 634 g/mol. The molecule has 2 aromatic rings. The minimum absolute atomic E-state index is 0.0184. The monoisotopic (exact) mass is 633 g/mol. The van der Waals surface area contributed by atoms with Crippen LogP contribution in [0.1, 0.15) is 38.7 Å². The Hall–Kier alpha value is -3.50. The summed E-state index contributed by atoms with van der Waals surface area (Å²) in [7, 11) is 3.17. The fourth-order valence-corrected chi connectivity index (χ4v) is 8.23. The van der Waals surface area contributed by atoms with E-state index in [-0.39, 0.29) is 30.3 Å². The van der Waals surface area contributed by atoms with Crippen LogP contribution >= 0.6 is 11.8 Å². The maximum absolute atomic E-state index is 14.4. The molecule has 8 atom stereocenters. The Morgan fingerprint density at radius 1 is 1.07 bits per heavy atom. The summed E-state index contributed by atoms with van der Waals surface area (Å²) in [6, 6.07) is 12.4. The summed E-state index contributed by atoms with van der Waals surface area (Å²) in [6.07, 6.45) is 8.70. The molecule has 3 fully saturated rings. The number of nitrogens with one attached hydrogen (secondary N) is 2. The zero-order valence-corrected chi connectivity index (χ0v) is 27.4. The van der Waals surface area contributed by atoms with Crippen molar-refractivity contribution in [3.63, 3.8) is 0 Å². The number of hydrogen-bond acceptors (Lipinski definition) is 7. The number of rotatable bonds is 10. The molecule has 240 valence electrons. The fraction of sp³-hybridized carbons (Fsp3) is 0.514. The third-order valence-electron chi connectivity index (χ3n) is 10.4. The molecule has 1 aliphatic carbocycles. The summed E-state index contributed by atoms with van der Waals surface area (Å²) in [5, 5.41) is 6.35. The average Bonchev–Trinajstić information content (AvgIpc) is 3.69. The number of likely N-dealkylation sites (tertiary alicyclic amines) is 1. The van der Waals surface area contributed by atoms with Crippen molar-refractivity contribution < 1.29 is 28.6 Å². The molecule has 3 aliphatic heterocycles. The molecule has 0 aromatic heterocycles. The molecule has 3 amide bonds. The van der Waals surface area contributed by atoms with Crippen LogP contribution in [0.15, 0.2) is 59.5 Å². The molecule has 0 unspecified atom stereocenters. The van der Waals surface area contributed by atoms with Crippen LogP contribution in [0.4, 0.5) is 5.69 Å². The van der Waals surface area contributed by atoms with E-state index < -0.39 is 29.6 Å². The molecule has 2 saturated heterocycles. The standard InChI is InChI=1S/C35H43N3O6S/c1-20-8-6-11-25(21(20)2)37-33(40)31-35-16-14-27(44-35)29(32(39)36-23-9-7-10-24(19-23)45-5)30(35)34(41)38(31)17-15-22-12-13-26(42-3)28(18-22)43-4/h7,9-10,12-14,16,18-21,25,27,29-31H,6,8,11,15,17H2,1-5H3,(H,36,39)(H,37,40)/t20-,21-,25+,27-,29+,30-,31-,35-/m0/s1. The molecule has 2 N–H and O–H groups in total. The van der Waals surface area contributed by atoms with Gasteiger partial charge in [0, 0.05) is 23.2 Å². The number of nitrogens with zero attached hydrogens (tertiary/aromatic N) is 1. The number of fused-ring (bicyclic) bond motifs is 1. The minimum atomic E-state index is -1.21. The lowest BCUT2D eigenvalue weighted by Gasteiger charge is -2.38. The van der Waals surface area contributed by atoms with Crippen LogP contribution in [0.2, 0.25) is 0 Å². The van der Waals surface area contributed by atoms with Crippen molar-refractivity contribution >= 4 is 35.2 Å². The second kappa shape index (κ2) is 12.7. The zero-order chi connectivity index (χ0) is 31.9. The van der Waals surface area contributed by atoms with Gasteiger partial charge in [0.05, 0.1) is 32.2 Å². The molecule has 10 heteroatoms. The topological polar surface area (TPSA) is 106 Å². The molecule has 2 aromatic carbocycles. The van der Waals surface area contributed by atoms with Crippen LogP contribution in [0, 0.1) is 23.7 Å². The first-order chi connectivity index (χ1) is 21.7. The van der Waals surface area contributed by atoms with Gasteiger partial charge in [0.25, 0.3) is 0 Å². The quantitative estimate of drug-likeness (QED) is 0.289. The third kappa shape index (κ3) is 5.60. The van der Waals surface area contributed by atoms with Gasteiger partial charge in [-0.2, -0.15) is 0 Å². The highest BCUT2D eigenvalue weighted by Crippen LogP contribution is 2.55. The Labute approximate surface area is 269 Å². The van der Waals surface area contributed by atoms with E-state index in [0.29, 0.717) is 35.4 Å². The van der Waals surface area contributed by atoms with Crippen LogP contribution in [0.25, 0.3) is 0 Å². The summed E-state index contributed by atoms with van der Waals surface area (Å²) >= 11 is 1.59. The van der Waals surface area contributed by atoms with Gasteiger partial charge in [0.2, 0.25) is 17.7 Å². The van der Waals surface area contributed by atoms with Gasteiger partial charge in [0.1, 0.15) is 11.6 Å². The Balaban J connectivity index is 1.30. The molecule has 45 heavy (non-hydrogen) atoms. The van der Waals surface area contributed by atoms with Gasteiger partial charge in [-0.05, 0) is 66.8 Å². The van der Waals surface area contributed by atoms with Crippen LogP contribution in [-0.4, -0.2) is 73.4 Å². The maximum atomic E-state index is 14.4. The summed E-state index contributed by atoms with van der Waals surface area (Å²) in [5.41, 5.74) is 0.390. The Bertz CT molecular complexity index is 1500. The van der Waals surface area contributed by atoms with Crippen molar-refractivity contribution in [1.82, 2.24) is 10.2 Å². The zero-order valence-electron chi connectivity index (χ0n) is 26.6. The van der Waals surface area contributed by atoms with Gasteiger partial charge in [-0.1, -0.05) is 51.0 Å². The second-order valence-electron chi connectivity index (χ2n) is 12.8. The van der Waals surface area contributed by atoms with E-state index >= 15 is 0 Å². The highest BCUT2D eigenvalue weighted by molar-refractivity contribution is 7.98. The van der Waals surface area contributed by atoms with E-state index in [2.05, 4.69) is 24.5 Å². The van der Waals surface area contributed by atoms with E-state index in [1.54, 1.807) is 30.9 Å². The number of carbonyl (C=O) groups excluding carboxylic acids is 3. The van der Waals surface area contributed by atoms with E-state index in [0.717, 1.165) is 29.7 Å². The third-order valence-corrected chi connectivity index (χ3v) is 11.1. The first-order valence-corrected chi connectivity index (χ1v) is 17.1. The lowest BCUT2D eigenvalue weighted by atomic mass is 9.73. The highest BCUT2D eigenvalue weighted by atomic mass is 32.2. The van der Waals surface area contributed by atoms with E-state index in [1.807, 2.05) is 60.9 Å². The van der Waals surface area contributed by atoms with Crippen molar-refractivity contribution in [3.8, 4) is 11.5 Å². The predicted molar refractivity (Wildman–Crippen MR) is 173 cm³/mol. The van der Waals surface area contributed by atoms with Crippen molar-refractivity contribution in [2.75, 3.05) is 32.3 Å². The van der Waals surface area contributed by atoms with Gasteiger partial charge >= 0.3 is 0 Å². The Morgan fingerprint density at radius 2 is 1.87 bits per heavy atom. The first kappa shape index (κ1) is 31.5. The molecule has 6 rings (SSSR count). The molecule has 4 aliphatic rings. The molecular weight excluding hydrogens is 590 g/mol. The normalized spacial score (nSPS) is 31.5. The van der Waals surface area contributed by atoms with Gasteiger partial charge in [-0.15, -0.1) is 11.8 Å². The van der Waals surface area contributed by atoms with Gasteiger partial charge in [0.15, 0.2) is 11.5 Å². The van der Waals surface area contributed by atoms with Crippen molar-refractivity contribution in [2.45, 2.75) is 68.2 Å². The van der Waals surface area contributed by atoms with Crippen LogP contribution in [0.5, 0.6) is 11.5 Å². The highest BCUT2D eigenvalue weighted by Gasteiger charge is 2.72. The fourth-order valence-electron chi connectivity index (χ4n) is 7.77. The Morgan fingerprint density at radius 3 is 2.62 bits per heavy atom. The van der Waals surface area contributed by atoms with Crippen LogP contribution in [-0.2, 0) is 25.5 Å². The van der Waals surface area contributed by atoms with Gasteiger partial charge in [-0.25, -0.2) is 0 Å². The summed E-state index contributed by atoms with van der Waals surface area (Å²) in [6.45, 7) is 4.70. The summed E-state index contributed by atoms with van der Waals surface area (Å²) in [5.74, 6) is -0.256. The lowest BCUT2D eigenvalue weighted by molar-refractivity contribution is -0.141. The number of benzene rings is 2. The minimum Gasteiger partial charge on any atom is -0.493 e. The molecule has 2 bridgehead atoms. The molecular formula is C35H43N3O6S. The number of anilines is 1. The van der Waals surface area contributed by atoms with Crippen molar-refractivity contribution in [2.24, 2.45) is 23.7 Å². The molecule has 1 spiro atoms. The van der Waals surface area contributed by atoms with E-state index in [1.165, 1.54) is 0 Å². The molecule has 1 saturated carbocycles. The first-order valence-electron chi connectivity index (χ1n) is 15.8. The van der Waals surface area contributed by atoms with Crippen molar-refractivity contribution in [3.05, 3.63) is 60.2 Å². The molecule has 9 nitrogen and oxygen atoms in total. The Kier molecular flexibility index (Phi) is 8.89. The predicted octanol–water partition coefficient (Wildman–Crippen LogP) is 4.70. The van der Waals surface area contributed by atoms with E-state index in [9.17, 15) is 14.4 Å². The molecule has 3 heterocycles. The number of methoxy groups -OCH3 is 2. The summed E-state index contributed by atoms with van der Waals surface area (Å²) < 4.78 is 17.4. The van der Waals surface area contributed by atoms with E-state index in [4.69, 9.17) is 14.2 Å². The van der Waals surface area contributed by atoms with Crippen molar-refractivity contribution in [1.29, 1.82) is 0 Å². The maximum Gasteiger partial charge on any atom is 0.246 e. The number of hydrogen-bond donors (Lipinski definition) is 2. The number of carbonyl (C=O) groups is 3. The lowest BCUT2D eigenvalue weighted by Crippen LogP contribution is -2.58. The van der Waals surface area contributed by atoms with Gasteiger partial charge in [-0.3, -0.25) is 14.4 Å². The number of ether oxygens (including phenoxy) is 3. The largest absolute Gasteiger partial charge is 0.493 e.